The van der Waals surface area contributed by atoms with Crippen LogP contribution in [0.2, 0.25) is 0 Å². The van der Waals surface area contributed by atoms with Crippen molar-refractivity contribution in [3.05, 3.63) is 47.3 Å². The number of carbonyl (C=O) groups is 2. The Balaban J connectivity index is 1.89. The Labute approximate surface area is 185 Å². The van der Waals surface area contributed by atoms with Crippen LogP contribution in [0.15, 0.2) is 33.3 Å². The third kappa shape index (κ3) is 7.90. The van der Waals surface area contributed by atoms with Gasteiger partial charge in [-0.1, -0.05) is 13.8 Å². The van der Waals surface area contributed by atoms with Gasteiger partial charge in [0.05, 0.1) is 18.4 Å². The predicted molar refractivity (Wildman–Crippen MR) is 121 cm³/mol. The molecule has 0 aliphatic rings. The van der Waals surface area contributed by atoms with Crippen LogP contribution in [-0.4, -0.2) is 53.8 Å². The van der Waals surface area contributed by atoms with Crippen LogP contribution in [0.25, 0.3) is 0 Å². The first kappa shape index (κ1) is 24.7. The second-order valence-electron chi connectivity index (χ2n) is 8.02. The van der Waals surface area contributed by atoms with Crippen molar-refractivity contribution < 1.29 is 18.4 Å². The van der Waals surface area contributed by atoms with E-state index in [9.17, 15) is 9.59 Å². The van der Waals surface area contributed by atoms with E-state index in [4.69, 9.17) is 8.83 Å². The molecule has 2 aromatic heterocycles. The van der Waals surface area contributed by atoms with Crippen molar-refractivity contribution in [3.63, 3.8) is 0 Å². The van der Waals surface area contributed by atoms with Crippen LogP contribution in [0.1, 0.15) is 67.7 Å². The molecule has 1 atom stereocenters. The summed E-state index contributed by atoms with van der Waals surface area (Å²) in [5.41, 5.74) is 0.522. The molecule has 31 heavy (non-hydrogen) atoms. The summed E-state index contributed by atoms with van der Waals surface area (Å²) >= 11 is 0. The molecule has 0 saturated heterocycles. The fourth-order valence-corrected chi connectivity index (χ4v) is 3.67. The molecule has 0 aliphatic heterocycles. The first-order valence-electron chi connectivity index (χ1n) is 11.2. The lowest BCUT2D eigenvalue weighted by molar-refractivity contribution is -0.122. The molecule has 0 spiro atoms. The van der Waals surface area contributed by atoms with Gasteiger partial charge in [-0.15, -0.1) is 0 Å². The van der Waals surface area contributed by atoms with Crippen LogP contribution in [0.3, 0.4) is 0 Å². The molecular formula is C24H37N3O4. The van der Waals surface area contributed by atoms with Crippen LogP contribution >= 0.6 is 0 Å². The maximum atomic E-state index is 13.1. The quantitative estimate of drug-likeness (QED) is 0.515. The van der Waals surface area contributed by atoms with Gasteiger partial charge in [0.25, 0.3) is 5.91 Å². The largest absolute Gasteiger partial charge is 0.467 e. The van der Waals surface area contributed by atoms with Crippen LogP contribution in [0.5, 0.6) is 0 Å². The van der Waals surface area contributed by atoms with Gasteiger partial charge in [0, 0.05) is 19.0 Å². The molecule has 2 amide bonds. The average molecular weight is 432 g/mol. The lowest BCUT2D eigenvalue weighted by atomic mass is 10.1. The van der Waals surface area contributed by atoms with Gasteiger partial charge >= 0.3 is 0 Å². The van der Waals surface area contributed by atoms with Gasteiger partial charge in [-0.3, -0.25) is 9.59 Å². The summed E-state index contributed by atoms with van der Waals surface area (Å²) in [6.07, 6.45) is 3.80. The van der Waals surface area contributed by atoms with Crippen LogP contribution in [-0.2, 0) is 11.3 Å². The highest BCUT2D eigenvalue weighted by Gasteiger charge is 2.22. The van der Waals surface area contributed by atoms with E-state index in [-0.39, 0.29) is 24.3 Å². The first-order valence-corrected chi connectivity index (χ1v) is 11.2. The zero-order valence-corrected chi connectivity index (χ0v) is 19.6. The number of rotatable bonds is 13. The number of aryl methyl sites for hydroxylation is 2. The van der Waals surface area contributed by atoms with Crippen molar-refractivity contribution in [2.45, 2.75) is 66.5 Å². The van der Waals surface area contributed by atoms with E-state index in [1.54, 1.807) is 30.2 Å². The third-order valence-corrected chi connectivity index (χ3v) is 5.51. The minimum atomic E-state index is -0.161. The lowest BCUT2D eigenvalue weighted by Crippen LogP contribution is -2.38. The molecule has 2 aromatic rings. The van der Waals surface area contributed by atoms with Crippen molar-refractivity contribution in [2.75, 3.05) is 26.2 Å². The number of hydrogen-bond acceptors (Lipinski definition) is 5. The average Bonchev–Trinajstić information content (AvgIpc) is 3.36. The lowest BCUT2D eigenvalue weighted by Gasteiger charge is -2.22. The Bertz CT molecular complexity index is 809. The maximum absolute atomic E-state index is 13.1. The summed E-state index contributed by atoms with van der Waals surface area (Å²) in [6.45, 7) is 13.7. The Morgan fingerprint density at radius 3 is 2.48 bits per heavy atom. The summed E-state index contributed by atoms with van der Waals surface area (Å²) in [4.78, 5) is 29.6. The van der Waals surface area contributed by atoms with Crippen molar-refractivity contribution in [2.24, 2.45) is 0 Å². The summed E-state index contributed by atoms with van der Waals surface area (Å²) in [6, 6.07) is 5.46. The number of amides is 2. The summed E-state index contributed by atoms with van der Waals surface area (Å²) in [7, 11) is 0. The molecule has 1 unspecified atom stereocenters. The Kier molecular flexibility index (Phi) is 9.85. The van der Waals surface area contributed by atoms with E-state index in [1.807, 2.05) is 19.9 Å². The molecule has 0 fully saturated rings. The standard InChI is InChI=1S/C24H37N3O4/c1-6-26(7-2)13-8-10-18(3)25-23(28)12-14-27(17-21-11-9-15-30-21)24(29)22-16-19(4)31-20(22)5/h9,11,15-16,18H,6-8,10,12-14,17H2,1-5H3,(H,25,28). The SMILES string of the molecule is CCN(CC)CCCC(C)NC(=O)CCN(Cc1ccco1)C(=O)c1cc(C)oc1C. The van der Waals surface area contributed by atoms with Crippen LogP contribution in [0, 0.1) is 13.8 Å². The van der Waals surface area contributed by atoms with Gasteiger partial charge in [0.2, 0.25) is 5.91 Å². The van der Waals surface area contributed by atoms with Crippen molar-refractivity contribution in [3.8, 4) is 0 Å². The highest BCUT2D eigenvalue weighted by molar-refractivity contribution is 5.95. The summed E-state index contributed by atoms with van der Waals surface area (Å²) < 4.78 is 10.9. The number of furan rings is 2. The van der Waals surface area contributed by atoms with E-state index < -0.39 is 0 Å². The normalized spacial score (nSPS) is 12.2. The van der Waals surface area contributed by atoms with Crippen molar-refractivity contribution >= 4 is 11.8 Å². The molecule has 0 radical (unpaired) electrons. The fraction of sp³-hybridized carbons (Fsp3) is 0.583. The zero-order chi connectivity index (χ0) is 22.8. The van der Waals surface area contributed by atoms with Crippen molar-refractivity contribution in [1.29, 1.82) is 0 Å². The molecule has 0 bridgehead atoms. The number of carbonyl (C=O) groups excluding carboxylic acids is 2. The van der Waals surface area contributed by atoms with Crippen LogP contribution in [0.4, 0.5) is 0 Å². The predicted octanol–water partition coefficient (Wildman–Crippen LogP) is 4.15. The molecular weight excluding hydrogens is 394 g/mol. The van der Waals surface area contributed by atoms with E-state index in [2.05, 4.69) is 24.1 Å². The van der Waals surface area contributed by atoms with Gasteiger partial charge in [-0.2, -0.15) is 0 Å². The second kappa shape index (κ2) is 12.3. The monoisotopic (exact) mass is 431 g/mol. The topological polar surface area (TPSA) is 78.9 Å². The zero-order valence-electron chi connectivity index (χ0n) is 19.6. The molecule has 0 aliphatic carbocycles. The van der Waals surface area contributed by atoms with Gasteiger partial charge in [0.15, 0.2) is 0 Å². The van der Waals surface area contributed by atoms with Crippen LogP contribution < -0.4 is 5.32 Å². The van der Waals surface area contributed by atoms with E-state index in [1.165, 1.54) is 0 Å². The Hall–Kier alpha value is -2.54. The van der Waals surface area contributed by atoms with Gasteiger partial charge in [-0.25, -0.2) is 0 Å². The molecule has 1 N–H and O–H groups in total. The number of nitrogens with one attached hydrogen (secondary N) is 1. The Morgan fingerprint density at radius 2 is 1.90 bits per heavy atom. The third-order valence-electron chi connectivity index (χ3n) is 5.51. The number of hydrogen-bond donors (Lipinski definition) is 1. The fourth-order valence-electron chi connectivity index (χ4n) is 3.67. The summed E-state index contributed by atoms with van der Waals surface area (Å²) in [5.74, 6) is 1.74. The van der Waals surface area contributed by atoms with E-state index >= 15 is 0 Å². The summed E-state index contributed by atoms with van der Waals surface area (Å²) in [5, 5.41) is 3.06. The molecule has 2 heterocycles. The van der Waals surface area contributed by atoms with E-state index in [0.29, 0.717) is 35.9 Å². The smallest absolute Gasteiger partial charge is 0.257 e. The first-order chi connectivity index (χ1) is 14.8. The molecule has 7 nitrogen and oxygen atoms in total. The second-order valence-corrected chi connectivity index (χ2v) is 8.02. The molecule has 0 aromatic carbocycles. The molecule has 172 valence electrons. The highest BCUT2D eigenvalue weighted by atomic mass is 16.3. The van der Waals surface area contributed by atoms with Crippen molar-refractivity contribution in [1.82, 2.24) is 15.1 Å². The molecule has 2 rings (SSSR count). The Morgan fingerprint density at radius 1 is 1.16 bits per heavy atom. The van der Waals surface area contributed by atoms with E-state index in [0.717, 1.165) is 32.5 Å². The van der Waals surface area contributed by atoms with Gasteiger partial charge in [0.1, 0.15) is 17.3 Å². The highest BCUT2D eigenvalue weighted by Crippen LogP contribution is 2.18. The van der Waals surface area contributed by atoms with Gasteiger partial charge < -0.3 is 24.0 Å². The number of nitrogens with zero attached hydrogens (tertiary/aromatic N) is 2. The molecule has 7 heteroatoms. The maximum Gasteiger partial charge on any atom is 0.257 e. The molecule has 0 saturated carbocycles. The minimum Gasteiger partial charge on any atom is -0.467 e. The minimum absolute atomic E-state index is 0.0484. The van der Waals surface area contributed by atoms with Gasteiger partial charge in [-0.05, 0) is 71.4 Å².